The maximum absolute atomic E-state index is 12.8. The van der Waals surface area contributed by atoms with Crippen molar-refractivity contribution in [1.82, 2.24) is 10.2 Å². The lowest BCUT2D eigenvalue weighted by Gasteiger charge is -2.11. The summed E-state index contributed by atoms with van der Waals surface area (Å²) in [6.45, 7) is 0.0170. The highest BCUT2D eigenvalue weighted by Crippen LogP contribution is 2.34. The first-order valence-corrected chi connectivity index (χ1v) is 7.82. The third-order valence-electron chi connectivity index (χ3n) is 3.53. The van der Waals surface area contributed by atoms with E-state index in [1.807, 2.05) is 0 Å². The van der Waals surface area contributed by atoms with E-state index in [-0.39, 0.29) is 29.0 Å². The number of ether oxygens (including phenoxy) is 1. The van der Waals surface area contributed by atoms with Crippen LogP contribution in [-0.2, 0) is 12.7 Å². The van der Waals surface area contributed by atoms with E-state index < -0.39 is 11.7 Å². The number of methoxy groups -OCH3 is 1. The summed E-state index contributed by atoms with van der Waals surface area (Å²) in [5.74, 6) is 1.00. The second kappa shape index (κ2) is 7.25. The van der Waals surface area contributed by atoms with E-state index in [9.17, 15) is 13.2 Å². The molecular weight excluding hydrogens is 371 g/mol. The summed E-state index contributed by atoms with van der Waals surface area (Å²) in [6.07, 6.45) is -4.46. The molecule has 3 rings (SSSR count). The van der Waals surface area contributed by atoms with Gasteiger partial charge in [-0.05, 0) is 30.3 Å². The van der Waals surface area contributed by atoms with Gasteiger partial charge in [0.15, 0.2) is 0 Å². The summed E-state index contributed by atoms with van der Waals surface area (Å²) in [4.78, 5) is 0. The predicted molar refractivity (Wildman–Crippen MR) is 90.1 cm³/mol. The zero-order valence-corrected chi connectivity index (χ0v) is 14.2. The van der Waals surface area contributed by atoms with Crippen LogP contribution < -0.4 is 10.1 Å². The fourth-order valence-corrected chi connectivity index (χ4v) is 2.45. The van der Waals surface area contributed by atoms with E-state index in [1.165, 1.54) is 13.2 Å². The van der Waals surface area contributed by atoms with Crippen molar-refractivity contribution >= 4 is 17.3 Å². The van der Waals surface area contributed by atoms with Gasteiger partial charge in [-0.1, -0.05) is 23.7 Å². The van der Waals surface area contributed by atoms with Gasteiger partial charge in [-0.2, -0.15) is 13.2 Å². The first-order chi connectivity index (χ1) is 12.4. The molecule has 0 saturated carbocycles. The number of alkyl halides is 3. The zero-order chi connectivity index (χ0) is 18.7. The van der Waals surface area contributed by atoms with E-state index >= 15 is 0 Å². The summed E-state index contributed by atoms with van der Waals surface area (Å²) >= 11 is 5.94. The number of hydrogen-bond acceptors (Lipinski definition) is 5. The Morgan fingerprint density at radius 2 is 1.92 bits per heavy atom. The van der Waals surface area contributed by atoms with Gasteiger partial charge in [0.1, 0.15) is 5.75 Å². The quantitative estimate of drug-likeness (QED) is 0.669. The summed E-state index contributed by atoms with van der Waals surface area (Å²) in [5.41, 5.74) is -0.0611. The van der Waals surface area contributed by atoms with Crippen LogP contribution in [0.15, 0.2) is 46.9 Å². The number of nitrogens with zero attached hydrogens (tertiary/aromatic N) is 2. The number of aromatic nitrogens is 2. The second-order valence-corrected chi connectivity index (χ2v) is 5.65. The van der Waals surface area contributed by atoms with Crippen molar-refractivity contribution in [2.45, 2.75) is 12.7 Å². The number of rotatable bonds is 5. The Bertz CT molecular complexity index is 912. The summed E-state index contributed by atoms with van der Waals surface area (Å²) in [7, 11) is 1.52. The maximum atomic E-state index is 12.8. The van der Waals surface area contributed by atoms with Gasteiger partial charge in [-0.15, -0.1) is 10.2 Å². The lowest BCUT2D eigenvalue weighted by atomic mass is 10.2. The average molecular weight is 384 g/mol. The molecule has 136 valence electrons. The van der Waals surface area contributed by atoms with Crippen molar-refractivity contribution in [2.75, 3.05) is 12.4 Å². The number of para-hydroxylation sites is 1. The molecule has 0 unspecified atom stereocenters. The predicted octanol–water partition coefficient (Wildman–Crippen LogP) is 5.03. The highest BCUT2D eigenvalue weighted by atomic mass is 35.5. The highest BCUT2D eigenvalue weighted by molar-refractivity contribution is 6.33. The fraction of sp³-hybridized carbons (Fsp3) is 0.176. The summed E-state index contributed by atoms with van der Waals surface area (Å²) in [6, 6.07) is 10.1. The molecule has 0 bridgehead atoms. The monoisotopic (exact) mass is 383 g/mol. The molecule has 0 aliphatic rings. The molecule has 3 aromatic rings. The minimum absolute atomic E-state index is 0.0170. The van der Waals surface area contributed by atoms with Crippen LogP contribution >= 0.6 is 11.6 Å². The summed E-state index contributed by atoms with van der Waals surface area (Å²) in [5, 5.41) is 10.8. The minimum Gasteiger partial charge on any atom is -0.496 e. The number of halogens is 4. The van der Waals surface area contributed by atoms with Crippen molar-refractivity contribution in [1.29, 1.82) is 0 Å². The molecule has 0 aliphatic heterocycles. The standard InChI is InChI=1S/C17H13ClF3N3O2/c1-25-14-5-3-2-4-11(14)16-24-23-15(26-16)9-22-13-8-10(17(19,20)21)6-7-12(13)18/h2-8,22H,9H2,1H3. The van der Waals surface area contributed by atoms with Crippen LogP contribution in [0.5, 0.6) is 5.75 Å². The summed E-state index contributed by atoms with van der Waals surface area (Å²) < 4.78 is 49.2. The van der Waals surface area contributed by atoms with Gasteiger partial charge in [0.25, 0.3) is 5.89 Å². The highest BCUT2D eigenvalue weighted by Gasteiger charge is 2.31. The molecule has 0 radical (unpaired) electrons. The zero-order valence-electron chi connectivity index (χ0n) is 13.5. The molecule has 0 saturated heterocycles. The number of nitrogens with one attached hydrogen (secondary N) is 1. The van der Waals surface area contributed by atoms with E-state index in [2.05, 4.69) is 15.5 Å². The van der Waals surface area contributed by atoms with E-state index in [1.54, 1.807) is 24.3 Å². The molecule has 9 heteroatoms. The third kappa shape index (κ3) is 3.91. The van der Waals surface area contributed by atoms with Gasteiger partial charge >= 0.3 is 6.18 Å². The first kappa shape index (κ1) is 18.1. The first-order valence-electron chi connectivity index (χ1n) is 7.45. The van der Waals surface area contributed by atoms with Gasteiger partial charge in [0.05, 0.1) is 35.5 Å². The van der Waals surface area contributed by atoms with Gasteiger partial charge in [-0.25, -0.2) is 0 Å². The Morgan fingerprint density at radius 1 is 1.15 bits per heavy atom. The number of hydrogen-bond donors (Lipinski definition) is 1. The van der Waals surface area contributed by atoms with E-state index in [0.717, 1.165) is 12.1 Å². The third-order valence-corrected chi connectivity index (χ3v) is 3.86. The molecule has 1 aromatic heterocycles. The minimum atomic E-state index is -4.46. The van der Waals surface area contributed by atoms with Crippen LogP contribution in [-0.4, -0.2) is 17.3 Å². The number of benzene rings is 2. The van der Waals surface area contributed by atoms with Crippen LogP contribution in [0.4, 0.5) is 18.9 Å². The molecule has 1 N–H and O–H groups in total. The average Bonchev–Trinajstić information content (AvgIpc) is 3.08. The molecule has 0 fully saturated rings. The van der Waals surface area contributed by atoms with Crippen LogP contribution in [0.2, 0.25) is 5.02 Å². The lowest BCUT2D eigenvalue weighted by molar-refractivity contribution is -0.137. The van der Waals surface area contributed by atoms with Crippen molar-refractivity contribution in [2.24, 2.45) is 0 Å². The van der Waals surface area contributed by atoms with E-state index in [0.29, 0.717) is 11.3 Å². The van der Waals surface area contributed by atoms with Gasteiger partial charge in [0.2, 0.25) is 5.89 Å². The van der Waals surface area contributed by atoms with Gasteiger partial charge in [-0.3, -0.25) is 0 Å². The van der Waals surface area contributed by atoms with Crippen molar-refractivity contribution in [3.63, 3.8) is 0 Å². The Balaban J connectivity index is 1.77. The van der Waals surface area contributed by atoms with Crippen LogP contribution in [0.25, 0.3) is 11.5 Å². The molecule has 0 aliphatic carbocycles. The largest absolute Gasteiger partial charge is 0.496 e. The Labute approximate surface area is 151 Å². The van der Waals surface area contributed by atoms with Crippen molar-refractivity contribution in [3.05, 3.63) is 58.9 Å². The van der Waals surface area contributed by atoms with E-state index in [4.69, 9.17) is 20.8 Å². The van der Waals surface area contributed by atoms with Crippen molar-refractivity contribution < 1.29 is 22.3 Å². The SMILES string of the molecule is COc1ccccc1-c1nnc(CNc2cc(C(F)(F)F)ccc2Cl)o1. The second-order valence-electron chi connectivity index (χ2n) is 5.25. The van der Waals surface area contributed by atoms with Crippen LogP contribution in [0.1, 0.15) is 11.5 Å². The fourth-order valence-electron chi connectivity index (χ4n) is 2.26. The Morgan fingerprint density at radius 3 is 2.65 bits per heavy atom. The normalized spacial score (nSPS) is 11.4. The smallest absolute Gasteiger partial charge is 0.416 e. The Kier molecular flexibility index (Phi) is 5.03. The molecule has 0 amide bonds. The maximum Gasteiger partial charge on any atom is 0.416 e. The lowest BCUT2D eigenvalue weighted by Crippen LogP contribution is -2.07. The van der Waals surface area contributed by atoms with Crippen LogP contribution in [0, 0.1) is 0 Å². The molecule has 26 heavy (non-hydrogen) atoms. The van der Waals surface area contributed by atoms with Gasteiger partial charge in [0, 0.05) is 0 Å². The molecular formula is C17H13ClF3N3O2. The molecule has 2 aromatic carbocycles. The molecule has 5 nitrogen and oxygen atoms in total. The van der Waals surface area contributed by atoms with Crippen molar-refractivity contribution in [3.8, 4) is 17.2 Å². The topological polar surface area (TPSA) is 60.2 Å². The van der Waals surface area contributed by atoms with Crippen LogP contribution in [0.3, 0.4) is 0 Å². The molecule has 0 spiro atoms. The number of anilines is 1. The Hall–Kier alpha value is -2.74. The molecule has 1 heterocycles. The van der Waals surface area contributed by atoms with Gasteiger partial charge < -0.3 is 14.5 Å². The molecule has 0 atom stereocenters.